The van der Waals surface area contributed by atoms with E-state index in [1.165, 1.54) is 64.2 Å². The van der Waals surface area contributed by atoms with Crippen LogP contribution in [0, 0.1) is 52.3 Å². The summed E-state index contributed by atoms with van der Waals surface area (Å²) in [6.07, 6.45) is 18.6. The zero-order valence-electron chi connectivity index (χ0n) is 22.5. The smallest absolute Gasteiger partial charge is 0.0648 e. The van der Waals surface area contributed by atoms with Gasteiger partial charge in [0.15, 0.2) is 0 Å². The lowest BCUT2D eigenvalue weighted by atomic mass is 9.48. The van der Waals surface area contributed by atoms with E-state index in [1.807, 2.05) is 0 Å². The zero-order valence-corrected chi connectivity index (χ0v) is 22.5. The maximum Gasteiger partial charge on any atom is 0.0648 e. The van der Waals surface area contributed by atoms with Crippen LogP contribution in [0.25, 0.3) is 0 Å². The van der Waals surface area contributed by atoms with Gasteiger partial charge in [-0.15, -0.1) is 0 Å². The van der Waals surface area contributed by atoms with E-state index in [9.17, 15) is 10.2 Å². The van der Waals surface area contributed by atoms with Gasteiger partial charge in [0.1, 0.15) is 0 Å². The predicted octanol–water partition coefficient (Wildman–Crippen LogP) is 7.75. The Hall–Kier alpha value is -0.0800. The van der Waals surface area contributed by atoms with Crippen LogP contribution >= 0.6 is 0 Å². The van der Waals surface area contributed by atoms with E-state index in [2.05, 4.69) is 34.6 Å². The Balaban J connectivity index is 1.21. The highest BCUT2D eigenvalue weighted by Gasteiger charge is 2.58. The first-order valence-corrected chi connectivity index (χ1v) is 14.9. The summed E-state index contributed by atoms with van der Waals surface area (Å²) in [5.41, 5.74) is 0.171. The van der Waals surface area contributed by atoms with Crippen LogP contribution in [0.15, 0.2) is 0 Å². The lowest BCUT2D eigenvalue weighted by Crippen LogP contribution is -2.50. The summed E-state index contributed by atoms with van der Waals surface area (Å²) in [5, 5.41) is 21.9. The quantitative estimate of drug-likeness (QED) is 0.452. The van der Waals surface area contributed by atoms with Gasteiger partial charge in [-0.25, -0.2) is 0 Å². The minimum Gasteiger partial charge on any atom is -0.390 e. The van der Waals surface area contributed by atoms with E-state index in [4.69, 9.17) is 0 Å². The summed E-state index contributed by atoms with van der Waals surface area (Å²) in [7, 11) is 0. The number of fused-ring (bicyclic) bond motifs is 5. The van der Waals surface area contributed by atoms with Gasteiger partial charge in [0.2, 0.25) is 0 Å². The molecule has 0 spiro atoms. The fourth-order valence-corrected chi connectivity index (χ4v) is 10.4. The van der Waals surface area contributed by atoms with Crippen LogP contribution in [0.5, 0.6) is 0 Å². The molecule has 33 heavy (non-hydrogen) atoms. The number of aliphatic hydroxyl groups is 2. The molecule has 0 aromatic carbocycles. The Morgan fingerprint density at radius 2 is 1.42 bits per heavy atom. The standard InChI is InChI=1S/C31H54O2/c1-21(10-15-31(33)18-16-28(2,3)17-19-31)26-8-9-27-25-7-6-22-20-29(4,32)13-11-23(22)24(25)12-14-30(26,27)5/h21-27,32-33H,6-20H2,1-5H3/t21-,22+,23+,24-,25-,26-,27+,29+,30-/m1/s1. The lowest BCUT2D eigenvalue weighted by Gasteiger charge is -2.57. The summed E-state index contributed by atoms with van der Waals surface area (Å²) in [6.45, 7) is 12.0. The van der Waals surface area contributed by atoms with Gasteiger partial charge in [-0.3, -0.25) is 0 Å². The van der Waals surface area contributed by atoms with Crippen molar-refractivity contribution in [3.05, 3.63) is 0 Å². The van der Waals surface area contributed by atoms with Gasteiger partial charge < -0.3 is 10.2 Å². The van der Waals surface area contributed by atoms with Gasteiger partial charge in [-0.2, -0.15) is 0 Å². The molecule has 5 saturated carbocycles. The van der Waals surface area contributed by atoms with Crippen LogP contribution in [0.3, 0.4) is 0 Å². The molecule has 9 atom stereocenters. The zero-order chi connectivity index (χ0) is 23.6. The van der Waals surface area contributed by atoms with Gasteiger partial charge in [-0.1, -0.05) is 27.7 Å². The van der Waals surface area contributed by atoms with Crippen molar-refractivity contribution in [3.8, 4) is 0 Å². The monoisotopic (exact) mass is 458 g/mol. The minimum absolute atomic E-state index is 0.388. The Labute approximate surface area is 204 Å². The Morgan fingerprint density at radius 3 is 2.15 bits per heavy atom. The molecule has 0 aromatic heterocycles. The van der Waals surface area contributed by atoms with Crippen LogP contribution in [0.1, 0.15) is 131 Å². The van der Waals surface area contributed by atoms with Gasteiger partial charge in [-0.05, 0) is 155 Å². The second-order valence-electron chi connectivity index (χ2n) is 15.3. The van der Waals surface area contributed by atoms with Crippen LogP contribution in [-0.4, -0.2) is 21.4 Å². The molecule has 5 aliphatic rings. The van der Waals surface area contributed by atoms with E-state index in [0.717, 1.165) is 73.5 Å². The Kier molecular flexibility index (Phi) is 6.34. The van der Waals surface area contributed by atoms with Gasteiger partial charge in [0.25, 0.3) is 0 Å². The van der Waals surface area contributed by atoms with E-state index < -0.39 is 5.60 Å². The molecule has 5 rings (SSSR count). The van der Waals surface area contributed by atoms with E-state index >= 15 is 0 Å². The number of hydrogen-bond donors (Lipinski definition) is 2. The molecule has 0 amide bonds. The fourth-order valence-electron chi connectivity index (χ4n) is 10.4. The van der Waals surface area contributed by atoms with Crippen LogP contribution in [0.4, 0.5) is 0 Å². The van der Waals surface area contributed by atoms with Crippen molar-refractivity contribution in [2.45, 2.75) is 142 Å². The number of rotatable bonds is 4. The molecule has 0 bridgehead atoms. The SMILES string of the molecule is C[C@H](CCC1(O)CCC(C)(C)CC1)[C@H]1CC[C@H]2[C@@H]3CC[C@H]4C[C@@](C)(O)CC[C@@H]4[C@H]3CC[C@]12C. The minimum atomic E-state index is -0.400. The molecule has 0 saturated heterocycles. The summed E-state index contributed by atoms with van der Waals surface area (Å²) in [4.78, 5) is 0. The summed E-state index contributed by atoms with van der Waals surface area (Å²) < 4.78 is 0. The van der Waals surface area contributed by atoms with E-state index in [-0.39, 0.29) is 5.60 Å². The summed E-state index contributed by atoms with van der Waals surface area (Å²) >= 11 is 0. The number of hydrogen-bond acceptors (Lipinski definition) is 2. The van der Waals surface area contributed by atoms with Crippen molar-refractivity contribution in [1.82, 2.24) is 0 Å². The first-order chi connectivity index (χ1) is 15.4. The van der Waals surface area contributed by atoms with Crippen LogP contribution < -0.4 is 0 Å². The molecule has 0 heterocycles. The third-order valence-corrected chi connectivity index (χ3v) is 12.6. The fraction of sp³-hybridized carbons (Fsp3) is 1.00. The average Bonchev–Trinajstić information content (AvgIpc) is 3.11. The second kappa shape index (κ2) is 8.50. The van der Waals surface area contributed by atoms with Crippen molar-refractivity contribution >= 4 is 0 Å². The largest absolute Gasteiger partial charge is 0.390 e. The molecule has 0 unspecified atom stereocenters. The van der Waals surface area contributed by atoms with E-state index in [1.54, 1.807) is 0 Å². The molecule has 190 valence electrons. The molecule has 0 aliphatic heterocycles. The molecule has 2 nitrogen and oxygen atoms in total. The highest BCUT2D eigenvalue weighted by atomic mass is 16.3. The first kappa shape index (κ1) is 24.6. The van der Waals surface area contributed by atoms with Crippen molar-refractivity contribution in [2.24, 2.45) is 52.3 Å². The van der Waals surface area contributed by atoms with Crippen molar-refractivity contribution in [3.63, 3.8) is 0 Å². The summed E-state index contributed by atoms with van der Waals surface area (Å²) in [6, 6.07) is 0. The maximum atomic E-state index is 11.3. The van der Waals surface area contributed by atoms with Gasteiger partial charge >= 0.3 is 0 Å². The Bertz CT molecular complexity index is 700. The first-order valence-electron chi connectivity index (χ1n) is 14.9. The third kappa shape index (κ3) is 4.59. The van der Waals surface area contributed by atoms with Crippen molar-refractivity contribution < 1.29 is 10.2 Å². The predicted molar refractivity (Wildman–Crippen MR) is 137 cm³/mol. The third-order valence-electron chi connectivity index (χ3n) is 12.6. The average molecular weight is 459 g/mol. The van der Waals surface area contributed by atoms with Crippen molar-refractivity contribution in [1.29, 1.82) is 0 Å². The topological polar surface area (TPSA) is 40.5 Å². The molecular weight excluding hydrogens is 404 g/mol. The van der Waals surface area contributed by atoms with Crippen LogP contribution in [-0.2, 0) is 0 Å². The van der Waals surface area contributed by atoms with E-state index in [0.29, 0.717) is 10.8 Å². The highest BCUT2D eigenvalue weighted by Crippen LogP contribution is 2.66. The van der Waals surface area contributed by atoms with Gasteiger partial charge in [0, 0.05) is 0 Å². The lowest BCUT2D eigenvalue weighted by molar-refractivity contribution is -0.103. The second-order valence-corrected chi connectivity index (χ2v) is 15.3. The maximum absolute atomic E-state index is 11.3. The summed E-state index contributed by atoms with van der Waals surface area (Å²) in [5.74, 6) is 6.12. The van der Waals surface area contributed by atoms with Crippen molar-refractivity contribution in [2.75, 3.05) is 0 Å². The van der Waals surface area contributed by atoms with Gasteiger partial charge in [0.05, 0.1) is 11.2 Å². The van der Waals surface area contributed by atoms with Crippen LogP contribution in [0.2, 0.25) is 0 Å². The Morgan fingerprint density at radius 1 is 0.727 bits per heavy atom. The highest BCUT2D eigenvalue weighted by molar-refractivity contribution is 5.07. The molecule has 5 fully saturated rings. The molecule has 2 N–H and O–H groups in total. The molecule has 2 heteroatoms. The normalized spacial score (nSPS) is 49.5. The molecule has 5 aliphatic carbocycles. The molecular formula is C31H54O2. The molecule has 0 aromatic rings. The molecule has 0 radical (unpaired) electrons.